The summed E-state index contributed by atoms with van der Waals surface area (Å²) in [5.41, 5.74) is 0.973. The van der Waals surface area contributed by atoms with E-state index in [4.69, 9.17) is 9.73 Å². The number of halogens is 2. The molecule has 0 spiro atoms. The van der Waals surface area contributed by atoms with E-state index < -0.39 is 0 Å². The van der Waals surface area contributed by atoms with E-state index in [0.29, 0.717) is 31.7 Å². The van der Waals surface area contributed by atoms with Gasteiger partial charge in [-0.3, -0.25) is 9.89 Å². The number of hydrogen-bond donors (Lipinski definition) is 2. The number of aliphatic imine (C=N–C) groups is 1. The molecule has 2 aliphatic rings. The van der Waals surface area contributed by atoms with Gasteiger partial charge in [0.1, 0.15) is 5.82 Å². The van der Waals surface area contributed by atoms with Crippen LogP contribution < -0.4 is 10.6 Å². The van der Waals surface area contributed by atoms with E-state index in [1.54, 1.807) is 12.1 Å². The molecule has 2 N–H and O–H groups in total. The average Bonchev–Trinajstić information content (AvgIpc) is 3.31. The molecule has 0 aromatic heterocycles. The minimum absolute atomic E-state index is 0. The molecular formula is C19H30FIN4O. The zero-order valence-corrected chi connectivity index (χ0v) is 17.9. The Labute approximate surface area is 172 Å². The van der Waals surface area contributed by atoms with Gasteiger partial charge >= 0.3 is 0 Å². The summed E-state index contributed by atoms with van der Waals surface area (Å²) in [6.45, 7) is 8.86. The monoisotopic (exact) mass is 476 g/mol. The Morgan fingerprint density at radius 3 is 2.73 bits per heavy atom. The van der Waals surface area contributed by atoms with Gasteiger partial charge in [0, 0.05) is 25.7 Å². The van der Waals surface area contributed by atoms with Gasteiger partial charge in [0.2, 0.25) is 0 Å². The zero-order chi connectivity index (χ0) is 17.6. The highest BCUT2D eigenvalue weighted by Gasteiger charge is 2.33. The predicted molar refractivity (Wildman–Crippen MR) is 114 cm³/mol. The molecule has 1 aromatic carbocycles. The van der Waals surface area contributed by atoms with Crippen molar-refractivity contribution in [1.82, 2.24) is 15.5 Å². The number of guanidine groups is 1. The number of benzene rings is 1. The van der Waals surface area contributed by atoms with E-state index in [-0.39, 0.29) is 35.8 Å². The molecule has 26 heavy (non-hydrogen) atoms. The Balaban J connectivity index is 0.00000243. The summed E-state index contributed by atoms with van der Waals surface area (Å²) >= 11 is 0. The second-order valence-corrected chi connectivity index (χ2v) is 6.90. The molecule has 2 fully saturated rings. The summed E-state index contributed by atoms with van der Waals surface area (Å²) in [5.74, 6) is 1.37. The minimum atomic E-state index is -0.198. The molecular weight excluding hydrogens is 446 g/mol. The highest BCUT2D eigenvalue weighted by molar-refractivity contribution is 14.0. The third-order valence-electron chi connectivity index (χ3n) is 4.92. The molecule has 0 bridgehead atoms. The summed E-state index contributed by atoms with van der Waals surface area (Å²) in [4.78, 5) is 7.14. The van der Waals surface area contributed by atoms with Crippen molar-refractivity contribution in [2.24, 2.45) is 10.9 Å². The lowest BCUT2D eigenvalue weighted by atomic mass is 10.0. The summed E-state index contributed by atoms with van der Waals surface area (Å²) < 4.78 is 19.2. The van der Waals surface area contributed by atoms with E-state index >= 15 is 0 Å². The van der Waals surface area contributed by atoms with Crippen molar-refractivity contribution >= 4 is 29.9 Å². The van der Waals surface area contributed by atoms with E-state index in [1.807, 2.05) is 6.07 Å². The quantitative estimate of drug-likeness (QED) is 0.377. The van der Waals surface area contributed by atoms with Gasteiger partial charge in [0.15, 0.2) is 5.96 Å². The van der Waals surface area contributed by atoms with Crippen LogP contribution in [-0.2, 0) is 4.74 Å². The number of nitrogens with one attached hydrogen (secondary N) is 2. The van der Waals surface area contributed by atoms with Gasteiger partial charge in [-0.1, -0.05) is 19.1 Å². The number of ether oxygens (including phenoxy) is 1. The summed E-state index contributed by atoms with van der Waals surface area (Å²) in [7, 11) is 0. The molecule has 0 amide bonds. The smallest absolute Gasteiger partial charge is 0.191 e. The summed E-state index contributed by atoms with van der Waals surface area (Å²) in [5, 5.41) is 6.80. The number of morpholine rings is 1. The minimum Gasteiger partial charge on any atom is -0.379 e. The molecule has 1 aliphatic heterocycles. The fourth-order valence-electron chi connectivity index (χ4n) is 3.23. The Morgan fingerprint density at radius 1 is 1.38 bits per heavy atom. The number of hydrogen-bond acceptors (Lipinski definition) is 3. The summed E-state index contributed by atoms with van der Waals surface area (Å²) in [6, 6.07) is 7.46. The molecule has 7 heteroatoms. The molecule has 1 saturated carbocycles. The highest BCUT2D eigenvalue weighted by Crippen LogP contribution is 2.29. The molecule has 1 aliphatic carbocycles. The van der Waals surface area contributed by atoms with Crippen LogP contribution >= 0.6 is 24.0 Å². The maximum absolute atomic E-state index is 13.7. The lowest BCUT2D eigenvalue weighted by Crippen LogP contribution is -2.42. The SMILES string of the molecule is CCNC(=NCC(c1cccc(F)c1)N1CCOCC1)NC1CC1C.I. The van der Waals surface area contributed by atoms with Crippen LogP contribution in [0, 0.1) is 11.7 Å². The van der Waals surface area contributed by atoms with Crippen molar-refractivity contribution in [3.63, 3.8) is 0 Å². The maximum atomic E-state index is 13.7. The van der Waals surface area contributed by atoms with Crippen LogP contribution in [-0.4, -0.2) is 56.3 Å². The van der Waals surface area contributed by atoms with Crippen molar-refractivity contribution in [1.29, 1.82) is 0 Å². The fourth-order valence-corrected chi connectivity index (χ4v) is 3.23. The molecule has 1 saturated heterocycles. The van der Waals surface area contributed by atoms with Crippen molar-refractivity contribution in [2.45, 2.75) is 32.4 Å². The first kappa shape index (κ1) is 21.4. The van der Waals surface area contributed by atoms with Crippen molar-refractivity contribution in [2.75, 3.05) is 39.4 Å². The standard InChI is InChI=1S/C19H29FN4O.HI/c1-3-21-19(23-17-11-14(17)2)22-13-18(24-7-9-25-10-8-24)15-5-4-6-16(20)12-15;/h4-6,12,14,17-18H,3,7-11,13H2,1-2H3,(H2,21,22,23);1H. The predicted octanol–water partition coefficient (Wildman–Crippen LogP) is 2.78. The maximum Gasteiger partial charge on any atom is 0.191 e. The van der Waals surface area contributed by atoms with Gasteiger partial charge in [-0.2, -0.15) is 0 Å². The van der Waals surface area contributed by atoms with Crippen molar-refractivity contribution < 1.29 is 9.13 Å². The normalized spacial score (nSPS) is 24.5. The average molecular weight is 476 g/mol. The fraction of sp³-hybridized carbons (Fsp3) is 0.632. The summed E-state index contributed by atoms with van der Waals surface area (Å²) in [6.07, 6.45) is 1.20. The van der Waals surface area contributed by atoms with Crippen molar-refractivity contribution in [3.05, 3.63) is 35.6 Å². The van der Waals surface area contributed by atoms with Gasteiger partial charge in [-0.05, 0) is 37.0 Å². The van der Waals surface area contributed by atoms with Gasteiger partial charge in [-0.25, -0.2) is 4.39 Å². The first-order valence-electron chi connectivity index (χ1n) is 9.29. The third kappa shape index (κ3) is 6.06. The van der Waals surface area contributed by atoms with Crippen LogP contribution in [0.25, 0.3) is 0 Å². The topological polar surface area (TPSA) is 48.9 Å². The Bertz CT molecular complexity index is 595. The van der Waals surface area contributed by atoms with E-state index in [9.17, 15) is 4.39 Å². The van der Waals surface area contributed by atoms with Gasteiger partial charge in [-0.15, -0.1) is 24.0 Å². The molecule has 146 valence electrons. The molecule has 3 rings (SSSR count). The third-order valence-corrected chi connectivity index (χ3v) is 4.92. The van der Waals surface area contributed by atoms with Crippen molar-refractivity contribution in [3.8, 4) is 0 Å². The Kier molecular flexibility index (Phi) is 8.56. The van der Waals surface area contributed by atoms with Gasteiger partial charge in [0.05, 0.1) is 25.8 Å². The molecule has 5 nitrogen and oxygen atoms in total. The largest absolute Gasteiger partial charge is 0.379 e. The van der Waals surface area contributed by atoms with Crippen LogP contribution in [0.1, 0.15) is 31.9 Å². The molecule has 1 aromatic rings. The highest BCUT2D eigenvalue weighted by atomic mass is 127. The van der Waals surface area contributed by atoms with Crippen LogP contribution in [0.4, 0.5) is 4.39 Å². The molecule has 1 heterocycles. The van der Waals surface area contributed by atoms with Crippen LogP contribution in [0.3, 0.4) is 0 Å². The second kappa shape index (κ2) is 10.4. The van der Waals surface area contributed by atoms with Gasteiger partial charge in [0.25, 0.3) is 0 Å². The number of nitrogens with zero attached hydrogens (tertiary/aromatic N) is 2. The van der Waals surface area contributed by atoms with E-state index in [0.717, 1.165) is 31.2 Å². The molecule has 0 radical (unpaired) electrons. The Hall–Kier alpha value is -0.930. The van der Waals surface area contributed by atoms with Crippen LogP contribution in [0.5, 0.6) is 0 Å². The zero-order valence-electron chi connectivity index (χ0n) is 15.6. The van der Waals surface area contributed by atoms with Crippen LogP contribution in [0.2, 0.25) is 0 Å². The molecule has 3 atom stereocenters. The lowest BCUT2D eigenvalue weighted by Gasteiger charge is -2.34. The van der Waals surface area contributed by atoms with E-state index in [1.165, 1.54) is 12.5 Å². The number of rotatable bonds is 6. The molecule has 3 unspecified atom stereocenters. The van der Waals surface area contributed by atoms with Crippen LogP contribution in [0.15, 0.2) is 29.3 Å². The van der Waals surface area contributed by atoms with Gasteiger partial charge < -0.3 is 15.4 Å². The van der Waals surface area contributed by atoms with E-state index in [2.05, 4.69) is 29.4 Å². The lowest BCUT2D eigenvalue weighted by molar-refractivity contribution is 0.0179. The first-order chi connectivity index (χ1) is 12.2. The second-order valence-electron chi connectivity index (χ2n) is 6.90. The first-order valence-corrected chi connectivity index (χ1v) is 9.29. The Morgan fingerprint density at radius 2 is 2.12 bits per heavy atom.